The van der Waals surface area contributed by atoms with Gasteiger partial charge in [0.25, 0.3) is 0 Å². The van der Waals surface area contributed by atoms with Crippen molar-refractivity contribution in [2.75, 3.05) is 19.6 Å². The van der Waals surface area contributed by atoms with Gasteiger partial charge in [-0.05, 0) is 39.3 Å². The Kier molecular flexibility index (Phi) is 8.20. The van der Waals surface area contributed by atoms with E-state index in [2.05, 4.69) is 18.4 Å². The van der Waals surface area contributed by atoms with Crippen molar-refractivity contribution in [3.63, 3.8) is 0 Å². The predicted molar refractivity (Wildman–Crippen MR) is 86.8 cm³/mol. The minimum Gasteiger partial charge on any atom is -0.303 e. The highest BCUT2D eigenvalue weighted by atomic mass is 16.1. The molecule has 1 rings (SSSR count). The third kappa shape index (κ3) is 5.46. The second kappa shape index (κ2) is 9.71. The monoisotopic (exact) mass is 275 g/mol. The molecule has 0 aromatic carbocycles. The fourth-order valence-electron chi connectivity index (χ4n) is 2.87. The summed E-state index contributed by atoms with van der Waals surface area (Å²) < 4.78 is 0. The van der Waals surface area contributed by atoms with Crippen LogP contribution < -0.4 is 0 Å². The van der Waals surface area contributed by atoms with E-state index in [9.17, 15) is 4.79 Å². The summed E-state index contributed by atoms with van der Waals surface area (Å²) in [5, 5.41) is 0. The summed E-state index contributed by atoms with van der Waals surface area (Å²) in [6.45, 7) is 11.0. The number of rotatable bonds is 8. The molecule has 20 heavy (non-hydrogen) atoms. The first-order valence-electron chi connectivity index (χ1n) is 7.94. The van der Waals surface area contributed by atoms with Gasteiger partial charge in [-0.1, -0.05) is 50.6 Å². The molecule has 1 aliphatic heterocycles. The molecule has 0 aromatic heterocycles. The Morgan fingerprint density at radius 3 is 2.55 bits per heavy atom. The van der Waals surface area contributed by atoms with E-state index in [1.807, 2.05) is 25.2 Å². The molecule has 1 saturated heterocycles. The molecule has 1 aliphatic rings. The lowest BCUT2D eigenvalue weighted by atomic mass is 9.91. The summed E-state index contributed by atoms with van der Waals surface area (Å²) in [5.41, 5.74) is 0.790. The van der Waals surface area contributed by atoms with E-state index in [1.165, 1.54) is 19.3 Å². The molecule has 1 heterocycles. The van der Waals surface area contributed by atoms with Crippen molar-refractivity contribution in [2.24, 2.45) is 5.92 Å². The van der Waals surface area contributed by atoms with E-state index in [4.69, 9.17) is 0 Å². The molecule has 1 fully saturated rings. The van der Waals surface area contributed by atoms with Crippen molar-refractivity contribution in [2.45, 2.75) is 46.0 Å². The molecular formula is C18H29NO. The molecular weight excluding hydrogens is 246 g/mol. The zero-order valence-corrected chi connectivity index (χ0v) is 13.1. The molecule has 0 aliphatic carbocycles. The van der Waals surface area contributed by atoms with Gasteiger partial charge in [0.1, 0.15) is 0 Å². The van der Waals surface area contributed by atoms with Crippen LogP contribution in [0.25, 0.3) is 0 Å². The standard InChI is InChI=1S/C18H29NO/c1-4-10-16(11-5-2)18(20)17(12-6-3)15-19-13-8-7-9-14-19/h4-5,10-11,17H,1,6-9,12-15H2,2-3H3/b11-5-,16-10+. The van der Waals surface area contributed by atoms with Gasteiger partial charge in [-0.15, -0.1) is 0 Å². The summed E-state index contributed by atoms with van der Waals surface area (Å²) in [7, 11) is 0. The molecule has 1 atom stereocenters. The number of hydrogen-bond donors (Lipinski definition) is 0. The van der Waals surface area contributed by atoms with Gasteiger partial charge in [-0.2, -0.15) is 0 Å². The molecule has 2 nitrogen and oxygen atoms in total. The molecule has 0 saturated carbocycles. The largest absolute Gasteiger partial charge is 0.303 e. The highest BCUT2D eigenvalue weighted by Crippen LogP contribution is 2.19. The first-order valence-corrected chi connectivity index (χ1v) is 7.94. The van der Waals surface area contributed by atoms with Gasteiger partial charge in [-0.3, -0.25) is 4.79 Å². The number of carbonyl (C=O) groups is 1. The minimum absolute atomic E-state index is 0.125. The quantitative estimate of drug-likeness (QED) is 0.490. The molecule has 0 amide bonds. The topological polar surface area (TPSA) is 20.3 Å². The van der Waals surface area contributed by atoms with Crippen LogP contribution in [0.2, 0.25) is 0 Å². The van der Waals surface area contributed by atoms with E-state index < -0.39 is 0 Å². The van der Waals surface area contributed by atoms with Gasteiger partial charge in [0.05, 0.1) is 0 Å². The molecule has 0 N–H and O–H groups in total. The van der Waals surface area contributed by atoms with Crippen molar-refractivity contribution in [1.82, 2.24) is 4.90 Å². The summed E-state index contributed by atoms with van der Waals surface area (Å²) in [6, 6.07) is 0. The second-order valence-electron chi connectivity index (χ2n) is 5.57. The maximum Gasteiger partial charge on any atom is 0.167 e. The Bertz CT molecular complexity index is 362. The average molecular weight is 275 g/mol. The smallest absolute Gasteiger partial charge is 0.167 e. The van der Waals surface area contributed by atoms with Crippen LogP contribution in [0.4, 0.5) is 0 Å². The summed E-state index contributed by atoms with van der Waals surface area (Å²) in [6.07, 6.45) is 13.3. The van der Waals surface area contributed by atoms with E-state index in [0.717, 1.165) is 38.0 Å². The van der Waals surface area contributed by atoms with Gasteiger partial charge in [0.2, 0.25) is 0 Å². The third-order valence-electron chi connectivity index (χ3n) is 3.86. The fourth-order valence-corrected chi connectivity index (χ4v) is 2.87. The first kappa shape index (κ1) is 16.9. The lowest BCUT2D eigenvalue weighted by molar-refractivity contribution is -0.119. The van der Waals surface area contributed by atoms with Crippen molar-refractivity contribution in [3.8, 4) is 0 Å². The number of hydrogen-bond acceptors (Lipinski definition) is 2. The Balaban J connectivity index is 2.74. The third-order valence-corrected chi connectivity index (χ3v) is 3.86. The van der Waals surface area contributed by atoms with Crippen LogP contribution in [0.1, 0.15) is 46.0 Å². The summed E-state index contributed by atoms with van der Waals surface area (Å²) >= 11 is 0. The van der Waals surface area contributed by atoms with Crippen LogP contribution in [-0.2, 0) is 4.79 Å². The van der Waals surface area contributed by atoms with E-state index >= 15 is 0 Å². The zero-order chi connectivity index (χ0) is 14.8. The molecule has 0 radical (unpaired) electrons. The highest BCUT2D eigenvalue weighted by Gasteiger charge is 2.23. The van der Waals surface area contributed by atoms with Crippen molar-refractivity contribution < 1.29 is 4.79 Å². The Labute approximate surface area is 124 Å². The highest BCUT2D eigenvalue weighted by molar-refractivity contribution is 6.00. The predicted octanol–water partition coefficient (Wildman–Crippen LogP) is 4.15. The van der Waals surface area contributed by atoms with Crippen molar-refractivity contribution >= 4 is 5.78 Å². The Morgan fingerprint density at radius 2 is 2.00 bits per heavy atom. The van der Waals surface area contributed by atoms with Crippen LogP contribution in [0.15, 0.2) is 36.5 Å². The average Bonchev–Trinajstić information content (AvgIpc) is 2.47. The van der Waals surface area contributed by atoms with Gasteiger partial charge >= 0.3 is 0 Å². The van der Waals surface area contributed by atoms with Crippen LogP contribution in [-0.4, -0.2) is 30.3 Å². The molecule has 2 heteroatoms. The molecule has 1 unspecified atom stereocenters. The number of likely N-dealkylation sites (tertiary alicyclic amines) is 1. The molecule has 0 bridgehead atoms. The zero-order valence-electron chi connectivity index (χ0n) is 13.1. The minimum atomic E-state index is 0.125. The van der Waals surface area contributed by atoms with Crippen molar-refractivity contribution in [1.29, 1.82) is 0 Å². The van der Waals surface area contributed by atoms with Gasteiger partial charge in [0, 0.05) is 18.0 Å². The lowest BCUT2D eigenvalue weighted by Crippen LogP contribution is -2.37. The Hall–Kier alpha value is -1.15. The fraction of sp³-hybridized carbons (Fsp3) is 0.611. The van der Waals surface area contributed by atoms with Crippen LogP contribution >= 0.6 is 0 Å². The summed E-state index contributed by atoms with van der Waals surface area (Å²) in [5.74, 6) is 0.399. The van der Waals surface area contributed by atoms with Crippen LogP contribution in [0, 0.1) is 5.92 Å². The van der Waals surface area contributed by atoms with E-state index in [0.29, 0.717) is 0 Å². The van der Waals surface area contributed by atoms with E-state index in [1.54, 1.807) is 6.08 Å². The van der Waals surface area contributed by atoms with Crippen LogP contribution in [0.5, 0.6) is 0 Å². The van der Waals surface area contributed by atoms with Crippen molar-refractivity contribution in [3.05, 3.63) is 36.5 Å². The maximum absolute atomic E-state index is 12.7. The number of ketones is 1. The first-order chi connectivity index (χ1) is 9.72. The number of allylic oxidation sites excluding steroid dienone is 5. The van der Waals surface area contributed by atoms with E-state index in [-0.39, 0.29) is 11.7 Å². The Morgan fingerprint density at radius 1 is 1.30 bits per heavy atom. The molecule has 0 aromatic rings. The van der Waals surface area contributed by atoms with Gasteiger partial charge in [0.15, 0.2) is 5.78 Å². The lowest BCUT2D eigenvalue weighted by Gasteiger charge is -2.30. The summed E-state index contributed by atoms with van der Waals surface area (Å²) in [4.78, 5) is 15.2. The number of Topliss-reactive ketones (excluding diaryl/α,β-unsaturated/α-hetero) is 1. The SMILES string of the molecule is C=C/C=C(\C=C/C)C(=O)C(CCC)CN1CCCCC1. The number of nitrogens with zero attached hydrogens (tertiary/aromatic N) is 1. The number of carbonyl (C=O) groups excluding carboxylic acids is 1. The number of piperidine rings is 1. The maximum atomic E-state index is 12.7. The molecule has 0 spiro atoms. The normalized spacial score (nSPS) is 19.2. The van der Waals surface area contributed by atoms with Gasteiger partial charge < -0.3 is 4.90 Å². The van der Waals surface area contributed by atoms with Gasteiger partial charge in [-0.25, -0.2) is 0 Å². The van der Waals surface area contributed by atoms with Crippen LogP contribution in [0.3, 0.4) is 0 Å². The second-order valence-corrected chi connectivity index (χ2v) is 5.57. The molecule has 112 valence electrons.